The Kier molecular flexibility index (Phi) is 8.99. The predicted octanol–water partition coefficient (Wildman–Crippen LogP) is 1.61. The van der Waals surface area contributed by atoms with Crippen molar-refractivity contribution in [2.24, 2.45) is 11.8 Å². The number of piperazine rings is 1. The van der Waals surface area contributed by atoms with Crippen molar-refractivity contribution >= 4 is 35.1 Å². The van der Waals surface area contributed by atoms with E-state index in [4.69, 9.17) is 4.74 Å². The number of hydrogen-bond acceptors (Lipinski definition) is 6. The van der Waals surface area contributed by atoms with E-state index in [1.165, 1.54) is 0 Å². The molecule has 9 nitrogen and oxygen atoms in total. The number of nitrogens with one attached hydrogen (secondary N) is 3. The van der Waals surface area contributed by atoms with Crippen LogP contribution in [0.25, 0.3) is 0 Å². The first kappa shape index (κ1) is 24.3. The molecule has 1 atom stereocenters. The molecule has 0 bridgehead atoms. The second-order valence-corrected chi connectivity index (χ2v) is 8.33. The number of hydrogen-bond donors (Lipinski definition) is 3. The summed E-state index contributed by atoms with van der Waals surface area (Å²) < 4.78 is 5.18. The van der Waals surface area contributed by atoms with Crippen LogP contribution in [0.5, 0.6) is 0 Å². The fourth-order valence-corrected chi connectivity index (χ4v) is 2.96. The van der Waals surface area contributed by atoms with Crippen LogP contribution in [0, 0.1) is 11.8 Å². The number of carbonyl (C=O) groups excluding carboxylic acids is 4. The lowest BCUT2D eigenvalue weighted by molar-refractivity contribution is -0.149. The predicted molar refractivity (Wildman–Crippen MR) is 117 cm³/mol. The van der Waals surface area contributed by atoms with Gasteiger partial charge in [-0.05, 0) is 30.2 Å². The lowest BCUT2D eigenvalue weighted by atomic mass is 10.1. The molecule has 1 aromatic rings. The van der Waals surface area contributed by atoms with Crippen molar-refractivity contribution in [3.8, 4) is 0 Å². The van der Waals surface area contributed by atoms with Gasteiger partial charge >= 0.3 is 5.97 Å². The Morgan fingerprint density at radius 2 is 1.71 bits per heavy atom. The summed E-state index contributed by atoms with van der Waals surface area (Å²) in [5, 5.41) is 8.30. The van der Waals surface area contributed by atoms with Crippen LogP contribution in [-0.2, 0) is 23.9 Å². The zero-order valence-electron chi connectivity index (χ0n) is 18.6. The Bertz CT molecular complexity index is 792. The number of carbonyl (C=O) groups is 4. The number of amides is 3. The Balaban J connectivity index is 1.92. The van der Waals surface area contributed by atoms with Crippen LogP contribution in [-0.4, -0.2) is 60.9 Å². The van der Waals surface area contributed by atoms with Crippen molar-refractivity contribution in [1.29, 1.82) is 0 Å². The molecule has 1 unspecified atom stereocenters. The standard InChI is InChI=1S/C22H32N4O5/c1-14(2)13-31-20(28)11-18-22(30)23-9-10-26(18)12-19(27)24-16-5-7-17(8-6-16)25-21(29)15(3)4/h5-8,14-15,18H,9-13H2,1-4H3,(H,23,30)(H,24,27)(H,25,29). The first-order valence-electron chi connectivity index (χ1n) is 10.5. The van der Waals surface area contributed by atoms with Crippen molar-refractivity contribution in [3.05, 3.63) is 24.3 Å². The van der Waals surface area contributed by atoms with Crippen molar-refractivity contribution in [2.75, 3.05) is 36.9 Å². The summed E-state index contributed by atoms with van der Waals surface area (Å²) in [5.41, 5.74) is 1.21. The van der Waals surface area contributed by atoms with E-state index < -0.39 is 12.0 Å². The maximum Gasteiger partial charge on any atom is 0.307 e. The molecule has 0 aliphatic carbocycles. The van der Waals surface area contributed by atoms with Gasteiger partial charge in [-0.25, -0.2) is 0 Å². The summed E-state index contributed by atoms with van der Waals surface area (Å²) in [4.78, 5) is 50.3. The number of anilines is 2. The first-order chi connectivity index (χ1) is 14.7. The molecule has 0 spiro atoms. The van der Waals surface area contributed by atoms with Gasteiger partial charge in [0.15, 0.2) is 0 Å². The number of ether oxygens (including phenoxy) is 1. The van der Waals surface area contributed by atoms with Gasteiger partial charge in [0.2, 0.25) is 17.7 Å². The molecule has 1 aromatic carbocycles. The normalized spacial score (nSPS) is 16.7. The second kappa shape index (κ2) is 11.5. The first-order valence-corrected chi connectivity index (χ1v) is 10.5. The largest absolute Gasteiger partial charge is 0.465 e. The molecule has 1 heterocycles. The third kappa shape index (κ3) is 8.01. The van der Waals surface area contributed by atoms with Gasteiger partial charge in [-0.3, -0.25) is 24.1 Å². The molecule has 1 aliphatic heterocycles. The van der Waals surface area contributed by atoms with E-state index in [-0.39, 0.29) is 42.5 Å². The number of benzene rings is 1. The Morgan fingerprint density at radius 3 is 2.29 bits per heavy atom. The van der Waals surface area contributed by atoms with E-state index in [1.807, 2.05) is 27.7 Å². The van der Waals surface area contributed by atoms with Gasteiger partial charge in [0.1, 0.15) is 6.04 Å². The summed E-state index contributed by atoms with van der Waals surface area (Å²) in [5.74, 6) is -1.05. The summed E-state index contributed by atoms with van der Waals surface area (Å²) in [6.45, 7) is 8.62. The van der Waals surface area contributed by atoms with Gasteiger partial charge in [-0.1, -0.05) is 27.7 Å². The van der Waals surface area contributed by atoms with E-state index in [0.29, 0.717) is 31.1 Å². The van der Waals surface area contributed by atoms with Crippen LogP contribution >= 0.6 is 0 Å². The van der Waals surface area contributed by atoms with Crippen molar-refractivity contribution < 1.29 is 23.9 Å². The molecular formula is C22H32N4O5. The van der Waals surface area contributed by atoms with Gasteiger partial charge in [-0.15, -0.1) is 0 Å². The highest BCUT2D eigenvalue weighted by Gasteiger charge is 2.33. The quantitative estimate of drug-likeness (QED) is 0.511. The summed E-state index contributed by atoms with van der Waals surface area (Å²) in [6.07, 6.45) is -0.101. The second-order valence-electron chi connectivity index (χ2n) is 8.33. The molecule has 3 amide bonds. The van der Waals surface area contributed by atoms with Crippen LogP contribution in [0.1, 0.15) is 34.1 Å². The molecule has 9 heteroatoms. The number of esters is 1. The monoisotopic (exact) mass is 432 g/mol. The minimum Gasteiger partial charge on any atom is -0.465 e. The van der Waals surface area contributed by atoms with Crippen LogP contribution in [0.15, 0.2) is 24.3 Å². The van der Waals surface area contributed by atoms with Crippen LogP contribution in [0.4, 0.5) is 11.4 Å². The highest BCUT2D eigenvalue weighted by Crippen LogP contribution is 2.15. The number of rotatable bonds is 9. The van der Waals surface area contributed by atoms with Gasteiger partial charge in [0.25, 0.3) is 0 Å². The lowest BCUT2D eigenvalue weighted by Crippen LogP contribution is -2.57. The van der Waals surface area contributed by atoms with Crippen LogP contribution < -0.4 is 16.0 Å². The van der Waals surface area contributed by atoms with Crippen molar-refractivity contribution in [2.45, 2.75) is 40.2 Å². The zero-order chi connectivity index (χ0) is 23.0. The fourth-order valence-electron chi connectivity index (χ4n) is 2.96. The Morgan fingerprint density at radius 1 is 1.10 bits per heavy atom. The third-order valence-electron chi connectivity index (χ3n) is 4.69. The summed E-state index contributed by atoms with van der Waals surface area (Å²) >= 11 is 0. The lowest BCUT2D eigenvalue weighted by Gasteiger charge is -2.33. The molecule has 170 valence electrons. The van der Waals surface area contributed by atoms with Gasteiger partial charge < -0.3 is 20.7 Å². The minimum absolute atomic E-state index is 0.0264. The van der Waals surface area contributed by atoms with E-state index in [9.17, 15) is 19.2 Å². The highest BCUT2D eigenvalue weighted by atomic mass is 16.5. The highest BCUT2D eigenvalue weighted by molar-refractivity contribution is 5.95. The minimum atomic E-state index is -0.743. The summed E-state index contributed by atoms with van der Waals surface area (Å²) in [7, 11) is 0. The topological polar surface area (TPSA) is 117 Å². The van der Waals surface area contributed by atoms with E-state index >= 15 is 0 Å². The fraction of sp³-hybridized carbons (Fsp3) is 0.545. The van der Waals surface area contributed by atoms with E-state index in [1.54, 1.807) is 29.2 Å². The summed E-state index contributed by atoms with van der Waals surface area (Å²) in [6, 6.07) is 6.05. The molecule has 31 heavy (non-hydrogen) atoms. The average molecular weight is 433 g/mol. The molecule has 1 fully saturated rings. The van der Waals surface area contributed by atoms with Gasteiger partial charge in [0.05, 0.1) is 19.6 Å². The third-order valence-corrected chi connectivity index (χ3v) is 4.69. The van der Waals surface area contributed by atoms with Crippen molar-refractivity contribution in [1.82, 2.24) is 10.2 Å². The molecule has 1 saturated heterocycles. The molecule has 0 saturated carbocycles. The molecule has 0 radical (unpaired) electrons. The molecule has 0 aromatic heterocycles. The van der Waals surface area contributed by atoms with Crippen LogP contribution in [0.3, 0.4) is 0 Å². The maximum atomic E-state index is 12.5. The van der Waals surface area contributed by atoms with Gasteiger partial charge in [-0.2, -0.15) is 0 Å². The molecule has 1 aliphatic rings. The van der Waals surface area contributed by atoms with Crippen LogP contribution in [0.2, 0.25) is 0 Å². The van der Waals surface area contributed by atoms with E-state index in [0.717, 1.165) is 0 Å². The van der Waals surface area contributed by atoms with Crippen molar-refractivity contribution in [3.63, 3.8) is 0 Å². The maximum absolute atomic E-state index is 12.5. The van der Waals surface area contributed by atoms with E-state index in [2.05, 4.69) is 16.0 Å². The average Bonchev–Trinajstić information content (AvgIpc) is 2.70. The molecule has 2 rings (SSSR count). The Hall–Kier alpha value is -2.94. The molecule has 3 N–H and O–H groups in total. The SMILES string of the molecule is CC(C)COC(=O)CC1C(=O)NCCN1CC(=O)Nc1ccc(NC(=O)C(C)C)cc1. The number of nitrogens with zero attached hydrogens (tertiary/aromatic N) is 1. The smallest absolute Gasteiger partial charge is 0.307 e. The molecular weight excluding hydrogens is 400 g/mol. The zero-order valence-corrected chi connectivity index (χ0v) is 18.6. The Labute approximate surface area is 182 Å². The van der Waals surface area contributed by atoms with Gasteiger partial charge in [0, 0.05) is 30.4 Å².